The molecule has 0 aromatic carbocycles. The Balaban J connectivity index is -0.0000000546. The van der Waals surface area contributed by atoms with Gasteiger partial charge in [-0.05, 0) is 0 Å². The summed E-state index contributed by atoms with van der Waals surface area (Å²) in [7, 11) is 0. The van der Waals surface area contributed by atoms with Crippen molar-refractivity contribution in [1.29, 1.82) is 0 Å². The van der Waals surface area contributed by atoms with Crippen molar-refractivity contribution in [1.82, 2.24) is 0 Å². The Morgan fingerprint density at radius 3 is 1.50 bits per heavy atom. The van der Waals surface area contributed by atoms with Crippen LogP contribution in [-0.4, -0.2) is 11.9 Å². The van der Waals surface area contributed by atoms with E-state index in [1.54, 1.807) is 0 Å². The second kappa shape index (κ2) is 17.2. The number of carbonyl (C=O) groups excluding carboxylic acids is 2. The molecule has 0 aliphatic rings. The third-order valence-electron chi connectivity index (χ3n) is 0.220. The van der Waals surface area contributed by atoms with E-state index in [-0.39, 0.29) is 59.1 Å². The van der Waals surface area contributed by atoms with Crippen molar-refractivity contribution in [2.24, 2.45) is 0 Å². The molecule has 0 aliphatic heterocycles. The number of carboxylic acid groups (broad SMARTS) is 2. The van der Waals surface area contributed by atoms with Crippen LogP contribution in [0, 0.1) is 24.7 Å². The molecule has 0 spiro atoms. The fourth-order valence-corrected chi connectivity index (χ4v) is 0. The number of hydrogen-bond acceptors (Lipinski definition) is 4. The minimum atomic E-state index is -1.51. The van der Waals surface area contributed by atoms with E-state index in [1.807, 2.05) is 0 Å². The summed E-state index contributed by atoms with van der Waals surface area (Å²) in [6, 6.07) is 0. The summed E-state index contributed by atoms with van der Waals surface area (Å²) in [4.78, 5) is 18.2. The topological polar surface area (TPSA) is 80.3 Å². The Morgan fingerprint density at radius 1 is 1.17 bits per heavy atom. The van der Waals surface area contributed by atoms with Crippen molar-refractivity contribution in [3.05, 3.63) is 0 Å². The molecule has 0 bridgehead atoms. The first-order valence-corrected chi connectivity index (χ1v) is 1.86. The van der Waals surface area contributed by atoms with E-state index in [0.29, 0.717) is 0 Å². The molecular weight excluding hydrogens is 182 g/mol. The van der Waals surface area contributed by atoms with Gasteiger partial charge < -0.3 is 19.8 Å². The van der Waals surface area contributed by atoms with Crippen LogP contribution >= 0.6 is 0 Å². The van der Waals surface area contributed by atoms with Crippen LogP contribution in [-0.2, 0) is 9.59 Å². The molecule has 0 aromatic heterocycles. The molecule has 6 heteroatoms. The van der Waals surface area contributed by atoms with Crippen molar-refractivity contribution in [2.45, 2.75) is 0 Å². The summed E-state index contributed by atoms with van der Waals surface area (Å²) < 4.78 is 5.95. The smallest absolute Gasteiger partial charge is 0.537 e. The Morgan fingerprint density at radius 2 is 1.50 bits per heavy atom. The average molecular weight is 185 g/mol. The molecular formula is C6H2Na2O4. The van der Waals surface area contributed by atoms with Gasteiger partial charge in [0.15, 0.2) is 0 Å². The van der Waals surface area contributed by atoms with Gasteiger partial charge in [-0.25, -0.2) is 0 Å². The fourth-order valence-electron chi connectivity index (χ4n) is 0. The van der Waals surface area contributed by atoms with E-state index in [1.165, 1.54) is 18.2 Å². The number of terminal acetylenes is 2. The first kappa shape index (κ1) is 18.0. The van der Waals surface area contributed by atoms with Gasteiger partial charge >= 0.3 is 59.1 Å². The van der Waals surface area contributed by atoms with Gasteiger partial charge in [-0.1, -0.05) is 11.8 Å². The maximum Gasteiger partial charge on any atom is 1.00 e. The van der Waals surface area contributed by atoms with Gasteiger partial charge in [0.2, 0.25) is 0 Å². The Bertz CT molecular complexity index is 248. The van der Waals surface area contributed by atoms with Gasteiger partial charge in [0.05, 0.1) is 0 Å². The largest absolute Gasteiger partial charge is 1.00 e. The number of carboxylic acids is 2. The van der Waals surface area contributed by atoms with Gasteiger partial charge in [0, 0.05) is 0 Å². The monoisotopic (exact) mass is 185 g/mol. The normalized spacial score (nSPS) is 5.08. The zero-order valence-corrected chi connectivity index (χ0v) is 10.7. The quantitative estimate of drug-likeness (QED) is 0.277. The standard InChI is InChI=1S/2C3H2O2.2Na/c2*1-2-3(4)5;;/h2*1H,(H,4,5);;/q;;2*+1/p-2/i1D;;;. The maximum atomic E-state index is 9.19. The van der Waals surface area contributed by atoms with Crippen LogP contribution in [0.15, 0.2) is 0 Å². The van der Waals surface area contributed by atoms with Gasteiger partial charge in [0.1, 0.15) is 13.3 Å². The second-order valence-corrected chi connectivity index (χ2v) is 0.844. The molecule has 0 atom stereocenters. The first-order chi connectivity index (χ1) is 5.04. The summed E-state index contributed by atoms with van der Waals surface area (Å²) in [5.41, 5.74) is 0. The predicted octanol–water partition coefficient (Wildman–Crippen LogP) is -9.25. The summed E-state index contributed by atoms with van der Waals surface area (Å²) in [5.74, 6) is -0.213. The minimum absolute atomic E-state index is 0. The van der Waals surface area contributed by atoms with Crippen LogP contribution in [0.1, 0.15) is 1.37 Å². The third-order valence-corrected chi connectivity index (χ3v) is 0.220. The first-order valence-electron chi connectivity index (χ1n) is 2.36. The molecule has 0 unspecified atom stereocenters. The predicted molar refractivity (Wildman–Crippen MR) is 27.7 cm³/mol. The van der Waals surface area contributed by atoms with Crippen LogP contribution in [0.25, 0.3) is 0 Å². The van der Waals surface area contributed by atoms with E-state index in [2.05, 4.69) is 6.42 Å². The summed E-state index contributed by atoms with van der Waals surface area (Å²) >= 11 is 0. The van der Waals surface area contributed by atoms with Gasteiger partial charge in [-0.15, -0.1) is 12.8 Å². The van der Waals surface area contributed by atoms with Crippen LogP contribution in [0.4, 0.5) is 0 Å². The van der Waals surface area contributed by atoms with Crippen molar-refractivity contribution in [3.63, 3.8) is 0 Å². The average Bonchev–Trinajstić information content (AvgIpc) is 1.89. The molecule has 0 aliphatic carbocycles. The van der Waals surface area contributed by atoms with E-state index in [0.717, 1.165) is 0 Å². The van der Waals surface area contributed by atoms with E-state index >= 15 is 0 Å². The molecule has 0 saturated heterocycles. The molecule has 52 valence electrons. The molecule has 0 fully saturated rings. The van der Waals surface area contributed by atoms with E-state index in [9.17, 15) is 9.90 Å². The summed E-state index contributed by atoms with van der Waals surface area (Å²) in [5, 5.41) is 18.2. The van der Waals surface area contributed by atoms with E-state index < -0.39 is 11.9 Å². The van der Waals surface area contributed by atoms with E-state index in [4.69, 9.17) is 11.3 Å². The number of carbonyl (C=O) groups is 2. The number of hydrogen-bond donors (Lipinski definition) is 0. The zero-order valence-electron chi connectivity index (χ0n) is 7.71. The second-order valence-electron chi connectivity index (χ2n) is 0.844. The number of rotatable bonds is 0. The van der Waals surface area contributed by atoms with Crippen LogP contribution in [0.3, 0.4) is 0 Å². The van der Waals surface area contributed by atoms with Crippen molar-refractivity contribution >= 4 is 11.9 Å². The molecule has 12 heavy (non-hydrogen) atoms. The van der Waals surface area contributed by atoms with Crippen LogP contribution < -0.4 is 69.3 Å². The maximum absolute atomic E-state index is 9.19. The van der Waals surface area contributed by atoms with Crippen molar-refractivity contribution < 1.29 is 80.3 Å². The molecule has 0 rings (SSSR count). The van der Waals surface area contributed by atoms with Crippen molar-refractivity contribution in [3.8, 4) is 24.7 Å². The summed E-state index contributed by atoms with van der Waals surface area (Å²) in [6.45, 7) is 0. The Labute approximate surface area is 116 Å². The fraction of sp³-hybridized carbons (Fsp3) is 0. The molecule has 4 nitrogen and oxygen atoms in total. The molecule has 0 heterocycles. The van der Waals surface area contributed by atoms with Crippen LogP contribution in [0.2, 0.25) is 0 Å². The van der Waals surface area contributed by atoms with Crippen molar-refractivity contribution in [2.75, 3.05) is 0 Å². The zero-order chi connectivity index (χ0) is 9.28. The third kappa shape index (κ3) is 50.1. The molecule has 0 radical (unpaired) electrons. The van der Waals surface area contributed by atoms with Gasteiger partial charge in [-0.3, -0.25) is 0 Å². The SMILES string of the molecule is C#CC(=O)[O-].[2H]C#CC(=O)[O-].[Na+].[Na+]. The molecule has 0 saturated carbocycles. The van der Waals surface area contributed by atoms with Gasteiger partial charge in [-0.2, -0.15) is 0 Å². The Kier molecular flexibility index (Phi) is 25.8. The number of aliphatic carboxylic acids is 2. The minimum Gasteiger partial charge on any atom is -0.537 e. The van der Waals surface area contributed by atoms with Crippen LogP contribution in [0.5, 0.6) is 0 Å². The van der Waals surface area contributed by atoms with Gasteiger partial charge in [0.25, 0.3) is 0 Å². The Hall–Kier alpha value is 0.0600. The molecule has 0 amide bonds. The molecule has 0 aromatic rings. The molecule has 0 N–H and O–H groups in total. The summed E-state index contributed by atoms with van der Waals surface area (Å²) in [6.07, 6.45) is 5.66.